The number of ether oxygens (including phenoxy) is 2. The molecular formula is C16H20N4O6. The summed E-state index contributed by atoms with van der Waals surface area (Å²) < 4.78 is 15.7. The summed E-state index contributed by atoms with van der Waals surface area (Å²) in [5.41, 5.74) is 0.549. The summed E-state index contributed by atoms with van der Waals surface area (Å²) in [5.74, 6) is 0.00811. The van der Waals surface area contributed by atoms with Gasteiger partial charge in [-0.1, -0.05) is 0 Å². The number of hydrogen-bond acceptors (Lipinski definition) is 8. The average Bonchev–Trinajstić information content (AvgIpc) is 3.21. The summed E-state index contributed by atoms with van der Waals surface area (Å²) in [6, 6.07) is 2.77. The molecule has 0 unspecified atom stereocenters. The van der Waals surface area contributed by atoms with Crippen LogP contribution in [0.25, 0.3) is 6.08 Å². The van der Waals surface area contributed by atoms with Crippen LogP contribution in [0, 0.1) is 10.1 Å². The first-order chi connectivity index (χ1) is 12.5. The lowest BCUT2D eigenvalue weighted by Crippen LogP contribution is -2.41. The molecule has 10 nitrogen and oxygen atoms in total. The Morgan fingerprint density at radius 2 is 2.19 bits per heavy atom. The van der Waals surface area contributed by atoms with Crippen LogP contribution < -0.4 is 0 Å². The number of allylic oxidation sites excluding steroid dienone is 1. The molecule has 26 heavy (non-hydrogen) atoms. The zero-order valence-electron chi connectivity index (χ0n) is 14.4. The van der Waals surface area contributed by atoms with Gasteiger partial charge in [0.1, 0.15) is 16.8 Å². The number of furan rings is 1. The molecule has 3 heterocycles. The van der Waals surface area contributed by atoms with E-state index in [0.29, 0.717) is 37.8 Å². The maximum Gasteiger partial charge on any atom is 0.433 e. The van der Waals surface area contributed by atoms with E-state index >= 15 is 0 Å². The van der Waals surface area contributed by atoms with Crippen molar-refractivity contribution >= 4 is 23.8 Å². The molecule has 0 saturated carbocycles. The molecule has 1 amide bonds. The summed E-state index contributed by atoms with van der Waals surface area (Å²) in [6.07, 6.45) is 2.46. The Morgan fingerprint density at radius 1 is 1.42 bits per heavy atom. The number of nitro groups is 1. The van der Waals surface area contributed by atoms with Gasteiger partial charge in [0.05, 0.1) is 31.5 Å². The Balaban J connectivity index is 1.55. The lowest BCUT2D eigenvalue weighted by molar-refractivity contribution is -0.402. The van der Waals surface area contributed by atoms with Crippen LogP contribution in [0.3, 0.4) is 0 Å². The van der Waals surface area contributed by atoms with Gasteiger partial charge in [-0.3, -0.25) is 15.0 Å². The van der Waals surface area contributed by atoms with Crippen molar-refractivity contribution in [3.05, 3.63) is 34.1 Å². The third kappa shape index (κ3) is 4.67. The van der Waals surface area contributed by atoms with E-state index in [-0.39, 0.29) is 12.0 Å². The molecule has 1 aromatic heterocycles. The fourth-order valence-electron chi connectivity index (χ4n) is 2.71. The van der Waals surface area contributed by atoms with Crippen LogP contribution in [-0.4, -0.2) is 72.1 Å². The standard InChI is InChI=1S/C16H20N4O6/c1-12(2-3-13-4-5-15(25-13)20(22)23)17-19-11-14(26-16(19)21)10-18-6-8-24-9-7-18/h2-5,14H,6-11H2,1H3/b3-2-,17-12+/t14-/m0/s1. The summed E-state index contributed by atoms with van der Waals surface area (Å²) in [5, 5.41) is 16.1. The molecule has 1 aromatic rings. The van der Waals surface area contributed by atoms with E-state index in [1.54, 1.807) is 19.1 Å². The summed E-state index contributed by atoms with van der Waals surface area (Å²) in [6.45, 7) is 5.80. The first-order valence-corrected chi connectivity index (χ1v) is 8.27. The van der Waals surface area contributed by atoms with Crippen molar-refractivity contribution in [3.63, 3.8) is 0 Å². The Hall–Kier alpha value is -2.72. The predicted molar refractivity (Wildman–Crippen MR) is 91.7 cm³/mol. The van der Waals surface area contributed by atoms with Gasteiger partial charge in [-0.25, -0.2) is 4.79 Å². The summed E-state index contributed by atoms with van der Waals surface area (Å²) in [4.78, 5) is 24.1. The second kappa shape index (κ2) is 8.11. The highest BCUT2D eigenvalue weighted by Gasteiger charge is 2.32. The highest BCUT2D eigenvalue weighted by Crippen LogP contribution is 2.17. The molecule has 3 rings (SSSR count). The van der Waals surface area contributed by atoms with Crippen LogP contribution in [-0.2, 0) is 9.47 Å². The third-order valence-corrected chi connectivity index (χ3v) is 3.98. The van der Waals surface area contributed by atoms with E-state index in [4.69, 9.17) is 13.9 Å². The average molecular weight is 364 g/mol. The van der Waals surface area contributed by atoms with Crippen molar-refractivity contribution in [3.8, 4) is 0 Å². The Kier molecular flexibility index (Phi) is 5.64. The zero-order valence-corrected chi connectivity index (χ0v) is 14.4. The number of hydrazone groups is 1. The molecule has 0 aliphatic carbocycles. The lowest BCUT2D eigenvalue weighted by atomic mass is 10.3. The van der Waals surface area contributed by atoms with Crippen molar-refractivity contribution in [2.45, 2.75) is 13.0 Å². The Labute approximate surface area is 149 Å². The second-order valence-electron chi connectivity index (χ2n) is 6.01. The van der Waals surface area contributed by atoms with Gasteiger partial charge in [0.2, 0.25) is 0 Å². The maximum atomic E-state index is 12.0. The summed E-state index contributed by atoms with van der Waals surface area (Å²) >= 11 is 0. The monoisotopic (exact) mass is 364 g/mol. The highest BCUT2D eigenvalue weighted by atomic mass is 16.6. The fourth-order valence-corrected chi connectivity index (χ4v) is 2.71. The Morgan fingerprint density at radius 3 is 2.88 bits per heavy atom. The Bertz CT molecular complexity index is 722. The molecule has 2 aliphatic heterocycles. The van der Waals surface area contributed by atoms with Crippen LogP contribution in [0.2, 0.25) is 0 Å². The van der Waals surface area contributed by atoms with Crippen LogP contribution in [0.15, 0.2) is 27.7 Å². The van der Waals surface area contributed by atoms with Crippen molar-refractivity contribution < 1.29 is 23.6 Å². The third-order valence-electron chi connectivity index (χ3n) is 3.98. The minimum atomic E-state index is -0.604. The predicted octanol–water partition coefficient (Wildman–Crippen LogP) is 1.73. The largest absolute Gasteiger partial charge is 0.441 e. The van der Waals surface area contributed by atoms with Crippen LogP contribution in [0.1, 0.15) is 12.7 Å². The van der Waals surface area contributed by atoms with Gasteiger partial charge < -0.3 is 13.9 Å². The van der Waals surface area contributed by atoms with Gasteiger partial charge in [0.25, 0.3) is 0 Å². The molecular weight excluding hydrogens is 344 g/mol. The van der Waals surface area contributed by atoms with Gasteiger partial charge in [-0.05, 0) is 25.1 Å². The second-order valence-corrected chi connectivity index (χ2v) is 6.01. The van der Waals surface area contributed by atoms with Gasteiger partial charge in [-0.2, -0.15) is 10.1 Å². The first kappa shape index (κ1) is 18.1. The molecule has 140 valence electrons. The number of morpholine rings is 1. The minimum absolute atomic E-state index is 0.228. The zero-order chi connectivity index (χ0) is 18.5. The summed E-state index contributed by atoms with van der Waals surface area (Å²) in [7, 11) is 0. The van der Waals surface area contributed by atoms with Gasteiger partial charge in [-0.15, -0.1) is 0 Å². The van der Waals surface area contributed by atoms with Crippen LogP contribution in [0.5, 0.6) is 0 Å². The molecule has 0 bridgehead atoms. The van der Waals surface area contributed by atoms with Gasteiger partial charge in [0.15, 0.2) is 0 Å². The minimum Gasteiger partial charge on any atom is -0.441 e. The highest BCUT2D eigenvalue weighted by molar-refractivity contribution is 5.96. The number of rotatable bonds is 6. The van der Waals surface area contributed by atoms with E-state index in [9.17, 15) is 14.9 Å². The van der Waals surface area contributed by atoms with E-state index in [1.165, 1.54) is 17.1 Å². The molecule has 2 aliphatic rings. The van der Waals surface area contributed by atoms with Crippen LogP contribution in [0.4, 0.5) is 10.7 Å². The molecule has 0 aromatic carbocycles. The smallest absolute Gasteiger partial charge is 0.433 e. The van der Waals surface area contributed by atoms with Crippen molar-refractivity contribution in [1.29, 1.82) is 0 Å². The van der Waals surface area contributed by atoms with E-state index in [2.05, 4.69) is 10.0 Å². The quantitative estimate of drug-likeness (QED) is 0.429. The fraction of sp³-hybridized carbons (Fsp3) is 0.500. The molecule has 10 heteroatoms. The van der Waals surface area contributed by atoms with Gasteiger partial charge in [0, 0.05) is 19.6 Å². The van der Waals surface area contributed by atoms with Crippen LogP contribution >= 0.6 is 0 Å². The number of hydrogen-bond donors (Lipinski definition) is 0. The van der Waals surface area contributed by atoms with E-state index in [0.717, 1.165) is 13.1 Å². The van der Waals surface area contributed by atoms with Crippen molar-refractivity contribution in [2.24, 2.45) is 5.10 Å². The molecule has 2 fully saturated rings. The number of carbonyl (C=O) groups is 1. The molecule has 0 spiro atoms. The maximum absolute atomic E-state index is 12.0. The van der Waals surface area contributed by atoms with Gasteiger partial charge >= 0.3 is 12.0 Å². The lowest BCUT2D eigenvalue weighted by Gasteiger charge is -2.27. The number of amides is 1. The van der Waals surface area contributed by atoms with Crippen molar-refractivity contribution in [1.82, 2.24) is 9.91 Å². The number of carbonyl (C=O) groups excluding carboxylic acids is 1. The normalized spacial score (nSPS) is 22.2. The number of nitrogens with zero attached hydrogens (tertiary/aromatic N) is 4. The molecule has 0 N–H and O–H groups in total. The first-order valence-electron chi connectivity index (χ1n) is 8.27. The van der Waals surface area contributed by atoms with E-state index < -0.39 is 11.0 Å². The SMILES string of the molecule is CC(/C=C\c1ccc([N+](=O)[O-])o1)=N\N1C[C@H](CN2CCOCC2)OC1=O. The molecule has 1 atom stereocenters. The molecule has 2 saturated heterocycles. The van der Waals surface area contributed by atoms with Crippen molar-refractivity contribution in [2.75, 3.05) is 39.4 Å². The molecule has 0 radical (unpaired) electrons. The number of cyclic esters (lactones) is 1. The van der Waals surface area contributed by atoms with E-state index in [1.807, 2.05) is 0 Å². The topological polar surface area (TPSA) is 111 Å².